The summed E-state index contributed by atoms with van der Waals surface area (Å²) >= 11 is 0. The standard InChI is InChI=1S/C17H23NO/c1-12-6-7-17(19)15-10-13-4-2-3-5-14(13)16(17,11-12)8-9-18-15/h2-5,12,15,18-19H,6-11H2,1H3/t12-,15+,16+,17+/m0/s1. The Labute approximate surface area is 115 Å². The molecule has 0 radical (unpaired) electrons. The molecule has 102 valence electrons. The third kappa shape index (κ3) is 1.39. The molecule has 0 unspecified atom stereocenters. The van der Waals surface area contributed by atoms with Gasteiger partial charge in [0.05, 0.1) is 5.60 Å². The second-order valence-corrected chi connectivity index (χ2v) is 6.97. The van der Waals surface area contributed by atoms with Crippen molar-refractivity contribution in [3.05, 3.63) is 35.4 Å². The molecule has 1 aromatic carbocycles. The van der Waals surface area contributed by atoms with E-state index < -0.39 is 5.60 Å². The fourth-order valence-electron chi connectivity index (χ4n) is 5.14. The van der Waals surface area contributed by atoms with Crippen molar-refractivity contribution >= 4 is 0 Å². The van der Waals surface area contributed by atoms with Gasteiger partial charge < -0.3 is 10.4 Å². The number of fused-ring (bicyclic) bond motifs is 1. The maximum absolute atomic E-state index is 11.5. The van der Waals surface area contributed by atoms with E-state index in [0.717, 1.165) is 38.1 Å². The number of hydrogen-bond acceptors (Lipinski definition) is 2. The van der Waals surface area contributed by atoms with Crippen molar-refractivity contribution in [2.75, 3.05) is 6.54 Å². The Bertz CT molecular complexity index is 514. The molecule has 1 aliphatic heterocycles. The van der Waals surface area contributed by atoms with Crippen LogP contribution in [0.2, 0.25) is 0 Å². The minimum Gasteiger partial charge on any atom is -0.387 e. The quantitative estimate of drug-likeness (QED) is 0.748. The Balaban J connectivity index is 1.95. The second-order valence-electron chi connectivity index (χ2n) is 6.97. The molecular weight excluding hydrogens is 234 g/mol. The fourth-order valence-corrected chi connectivity index (χ4v) is 5.14. The summed E-state index contributed by atoms with van der Waals surface area (Å²) < 4.78 is 0. The molecule has 4 rings (SSSR count). The highest BCUT2D eigenvalue weighted by molar-refractivity contribution is 5.44. The Morgan fingerprint density at radius 3 is 3.00 bits per heavy atom. The smallest absolute Gasteiger partial charge is 0.0899 e. The molecular formula is C17H23NO. The van der Waals surface area contributed by atoms with Crippen LogP contribution in [0.5, 0.6) is 0 Å². The lowest BCUT2D eigenvalue weighted by molar-refractivity contribution is -0.133. The Morgan fingerprint density at radius 2 is 2.11 bits per heavy atom. The molecule has 2 aliphatic carbocycles. The lowest BCUT2D eigenvalue weighted by Crippen LogP contribution is -2.72. The largest absolute Gasteiger partial charge is 0.387 e. The lowest BCUT2D eigenvalue weighted by Gasteiger charge is -2.62. The van der Waals surface area contributed by atoms with E-state index in [-0.39, 0.29) is 11.5 Å². The molecule has 4 atom stereocenters. The van der Waals surface area contributed by atoms with Crippen molar-refractivity contribution in [2.24, 2.45) is 5.92 Å². The van der Waals surface area contributed by atoms with Crippen LogP contribution < -0.4 is 5.32 Å². The van der Waals surface area contributed by atoms with Crippen molar-refractivity contribution < 1.29 is 5.11 Å². The summed E-state index contributed by atoms with van der Waals surface area (Å²) in [5.41, 5.74) is 2.39. The Kier molecular flexibility index (Phi) is 2.40. The summed E-state index contributed by atoms with van der Waals surface area (Å²) in [5, 5.41) is 15.1. The maximum atomic E-state index is 11.5. The molecule has 0 spiro atoms. The molecule has 0 aromatic heterocycles. The van der Waals surface area contributed by atoms with Gasteiger partial charge in [0.15, 0.2) is 0 Å². The van der Waals surface area contributed by atoms with Gasteiger partial charge in [0.1, 0.15) is 0 Å². The second kappa shape index (κ2) is 3.83. The molecule has 1 saturated carbocycles. The van der Waals surface area contributed by atoms with E-state index in [0.29, 0.717) is 0 Å². The minimum absolute atomic E-state index is 0.00935. The van der Waals surface area contributed by atoms with Crippen LogP contribution in [0.15, 0.2) is 24.3 Å². The van der Waals surface area contributed by atoms with Crippen molar-refractivity contribution in [1.29, 1.82) is 0 Å². The predicted octanol–water partition coefficient (Wildman–Crippen LogP) is 2.39. The molecule has 2 nitrogen and oxygen atoms in total. The highest BCUT2D eigenvalue weighted by Gasteiger charge is 2.62. The predicted molar refractivity (Wildman–Crippen MR) is 76.2 cm³/mol. The molecule has 2 fully saturated rings. The van der Waals surface area contributed by atoms with E-state index in [1.807, 2.05) is 0 Å². The van der Waals surface area contributed by atoms with E-state index >= 15 is 0 Å². The fraction of sp³-hybridized carbons (Fsp3) is 0.647. The zero-order valence-electron chi connectivity index (χ0n) is 11.7. The van der Waals surface area contributed by atoms with Gasteiger partial charge in [-0.3, -0.25) is 0 Å². The van der Waals surface area contributed by atoms with Crippen LogP contribution in [0.25, 0.3) is 0 Å². The van der Waals surface area contributed by atoms with Gasteiger partial charge in [-0.1, -0.05) is 31.2 Å². The first-order valence-corrected chi connectivity index (χ1v) is 7.70. The molecule has 3 aliphatic rings. The van der Waals surface area contributed by atoms with E-state index in [1.165, 1.54) is 17.5 Å². The van der Waals surface area contributed by atoms with Crippen LogP contribution >= 0.6 is 0 Å². The molecule has 2 bridgehead atoms. The summed E-state index contributed by atoms with van der Waals surface area (Å²) in [6.45, 7) is 3.40. The molecule has 2 heteroatoms. The van der Waals surface area contributed by atoms with Gasteiger partial charge in [-0.05, 0) is 55.7 Å². The van der Waals surface area contributed by atoms with Gasteiger partial charge in [0, 0.05) is 11.5 Å². The minimum atomic E-state index is -0.522. The highest BCUT2D eigenvalue weighted by Crippen LogP contribution is 2.57. The third-order valence-corrected chi connectivity index (χ3v) is 6.02. The molecule has 1 aromatic rings. The lowest BCUT2D eigenvalue weighted by atomic mass is 9.48. The first-order valence-electron chi connectivity index (χ1n) is 7.70. The van der Waals surface area contributed by atoms with E-state index in [2.05, 4.69) is 36.5 Å². The molecule has 19 heavy (non-hydrogen) atoms. The van der Waals surface area contributed by atoms with Gasteiger partial charge in [0.2, 0.25) is 0 Å². The van der Waals surface area contributed by atoms with Crippen LogP contribution in [0.1, 0.15) is 43.7 Å². The van der Waals surface area contributed by atoms with Crippen molar-refractivity contribution in [3.63, 3.8) is 0 Å². The highest BCUT2D eigenvalue weighted by atomic mass is 16.3. The number of hydrogen-bond donors (Lipinski definition) is 2. The number of aliphatic hydroxyl groups is 1. The van der Waals surface area contributed by atoms with Crippen LogP contribution in [-0.2, 0) is 11.8 Å². The molecule has 2 N–H and O–H groups in total. The average molecular weight is 257 g/mol. The number of rotatable bonds is 0. The summed E-state index contributed by atoms with van der Waals surface area (Å²) in [5.74, 6) is 0.727. The van der Waals surface area contributed by atoms with Crippen molar-refractivity contribution in [1.82, 2.24) is 5.32 Å². The van der Waals surface area contributed by atoms with Crippen molar-refractivity contribution in [3.8, 4) is 0 Å². The van der Waals surface area contributed by atoms with E-state index in [1.54, 1.807) is 0 Å². The normalized spacial score (nSPS) is 44.3. The maximum Gasteiger partial charge on any atom is 0.0899 e. The first kappa shape index (κ1) is 11.9. The third-order valence-electron chi connectivity index (χ3n) is 6.02. The number of piperidine rings is 1. The Hall–Kier alpha value is -0.860. The summed E-state index contributed by atoms with van der Waals surface area (Å²) in [6, 6.07) is 9.08. The number of nitrogens with one attached hydrogen (secondary N) is 1. The molecule has 1 saturated heterocycles. The van der Waals surface area contributed by atoms with Crippen LogP contribution in [0, 0.1) is 5.92 Å². The van der Waals surface area contributed by atoms with E-state index in [9.17, 15) is 5.11 Å². The van der Waals surface area contributed by atoms with Gasteiger partial charge in [0.25, 0.3) is 0 Å². The molecule has 0 amide bonds. The molecule has 1 heterocycles. The summed E-state index contributed by atoms with van der Waals surface area (Å²) in [4.78, 5) is 0. The van der Waals surface area contributed by atoms with Gasteiger partial charge >= 0.3 is 0 Å². The van der Waals surface area contributed by atoms with Crippen LogP contribution in [0.3, 0.4) is 0 Å². The van der Waals surface area contributed by atoms with Crippen molar-refractivity contribution in [2.45, 2.75) is 56.1 Å². The number of benzene rings is 1. The van der Waals surface area contributed by atoms with Crippen LogP contribution in [0.4, 0.5) is 0 Å². The van der Waals surface area contributed by atoms with E-state index in [4.69, 9.17) is 0 Å². The summed E-state index contributed by atoms with van der Waals surface area (Å²) in [7, 11) is 0. The van der Waals surface area contributed by atoms with Gasteiger partial charge in [-0.2, -0.15) is 0 Å². The van der Waals surface area contributed by atoms with Crippen LogP contribution in [-0.4, -0.2) is 23.3 Å². The zero-order valence-corrected chi connectivity index (χ0v) is 11.7. The average Bonchev–Trinajstić information content (AvgIpc) is 2.39. The van der Waals surface area contributed by atoms with Gasteiger partial charge in [-0.15, -0.1) is 0 Å². The van der Waals surface area contributed by atoms with Gasteiger partial charge in [-0.25, -0.2) is 0 Å². The SMILES string of the molecule is C[C@H]1CC[C@@]2(O)[C@H]3Cc4ccccc4[C@@]2(CCN3)C1. The zero-order chi connectivity index (χ0) is 13.1. The summed E-state index contributed by atoms with van der Waals surface area (Å²) in [6.07, 6.45) is 5.35. The first-order chi connectivity index (χ1) is 9.16. The monoisotopic (exact) mass is 257 g/mol. The topological polar surface area (TPSA) is 32.3 Å². The Morgan fingerprint density at radius 1 is 1.26 bits per heavy atom.